The Morgan fingerprint density at radius 3 is 1.09 bits per heavy atom. The van der Waals surface area contributed by atoms with Crippen LogP contribution in [0.3, 0.4) is 0 Å². The fraction of sp³-hybridized carbons (Fsp3) is 0.0508. The number of hydrogen-bond acceptors (Lipinski definition) is 8. The van der Waals surface area contributed by atoms with Crippen LogP contribution in [0, 0.1) is 0 Å². The van der Waals surface area contributed by atoms with Gasteiger partial charge < -0.3 is 28.9 Å². The SMILES string of the molecule is COc1cccc(OC)c1C1(O)c2sc(-c3ccc(N(c4ccccc4)c4ccccc4)cc3)cc2P(=O)(c2ccccc2)c2cc(-c3ccc(N(c4ccccc4)c4ccccc4)cc3)sc21. The number of nitrogens with zero attached hydrogens (tertiary/aromatic N) is 2. The topological polar surface area (TPSA) is 62.2 Å². The minimum Gasteiger partial charge on any atom is -0.496 e. The highest BCUT2D eigenvalue weighted by Crippen LogP contribution is 2.61. The average Bonchev–Trinajstić information content (AvgIpc) is 4.09. The van der Waals surface area contributed by atoms with Gasteiger partial charge in [0.2, 0.25) is 0 Å². The number of anilines is 6. The Bertz CT molecular complexity index is 3120. The highest BCUT2D eigenvalue weighted by atomic mass is 32.1. The molecule has 11 rings (SSSR count). The van der Waals surface area contributed by atoms with Gasteiger partial charge in [-0.3, -0.25) is 0 Å². The number of fused-ring (bicyclic) bond motifs is 2. The fourth-order valence-corrected chi connectivity index (χ4v) is 15.9. The van der Waals surface area contributed by atoms with Gasteiger partial charge in [0.15, 0.2) is 12.7 Å². The molecular weight excluding hydrogens is 896 g/mol. The third-order valence-corrected chi connectivity index (χ3v) is 18.5. The highest BCUT2D eigenvalue weighted by molar-refractivity contribution is 7.86. The molecule has 0 saturated carbocycles. The lowest BCUT2D eigenvalue weighted by Gasteiger charge is -2.37. The van der Waals surface area contributed by atoms with Crippen molar-refractivity contribution in [1.82, 2.24) is 0 Å². The van der Waals surface area contributed by atoms with Gasteiger partial charge in [0.1, 0.15) is 11.5 Å². The second-order valence-electron chi connectivity index (χ2n) is 16.4. The molecule has 8 aromatic carbocycles. The number of methoxy groups -OCH3 is 2. The number of ether oxygens (including phenoxy) is 2. The molecule has 9 heteroatoms. The predicted molar refractivity (Wildman–Crippen MR) is 283 cm³/mol. The normalized spacial score (nSPS) is 16.0. The summed E-state index contributed by atoms with van der Waals surface area (Å²) in [6.07, 6.45) is 0. The maximum atomic E-state index is 16.7. The van der Waals surface area contributed by atoms with E-state index in [-0.39, 0.29) is 0 Å². The molecule has 1 N–H and O–H groups in total. The predicted octanol–water partition coefficient (Wildman–Crippen LogP) is 14.3. The molecule has 0 atom stereocenters. The maximum absolute atomic E-state index is 16.7. The summed E-state index contributed by atoms with van der Waals surface area (Å²) in [6.45, 7) is 0. The van der Waals surface area contributed by atoms with Crippen LogP contribution >= 0.6 is 29.8 Å². The summed E-state index contributed by atoms with van der Waals surface area (Å²) in [5.41, 5.74) is 6.68. The minimum atomic E-state index is -3.64. The Labute approximate surface area is 404 Å². The monoisotopic (exact) mass is 940 g/mol. The second kappa shape index (κ2) is 18.0. The molecule has 0 unspecified atom stereocenters. The first-order valence-electron chi connectivity index (χ1n) is 22.3. The molecule has 2 aromatic heterocycles. The standard InChI is InChI=1S/C59H45N2O4PS2/c1-64-50-29-18-30-51(65-2)56(50)59(62)57-52(39-54(67-57)41-31-35-47(36-32-41)60(43-19-8-3-9-20-43)44-21-10-4-11-22-44)66(63,49-27-16-7-17-28-49)53-40-55(68-58(53)59)42-33-37-48(38-34-42)61(45-23-12-5-13-24-45)46-25-14-6-15-26-46/h3-40,62H,1-2H3. The number of rotatable bonds is 12. The number of para-hydroxylation sites is 4. The molecule has 1 aliphatic heterocycles. The molecule has 0 bridgehead atoms. The maximum Gasteiger partial charge on any atom is 0.173 e. The van der Waals surface area contributed by atoms with Gasteiger partial charge in [0.05, 0.1) is 29.5 Å². The Morgan fingerprint density at radius 2 is 0.750 bits per heavy atom. The van der Waals surface area contributed by atoms with E-state index in [1.807, 2.05) is 133 Å². The molecule has 0 radical (unpaired) electrons. The first-order chi connectivity index (χ1) is 33.4. The molecule has 0 fully saturated rings. The van der Waals surface area contributed by atoms with Crippen LogP contribution < -0.4 is 35.2 Å². The zero-order valence-electron chi connectivity index (χ0n) is 37.3. The van der Waals surface area contributed by atoms with E-state index in [2.05, 4.69) is 107 Å². The van der Waals surface area contributed by atoms with Crippen molar-refractivity contribution in [3.63, 3.8) is 0 Å². The molecule has 68 heavy (non-hydrogen) atoms. The van der Waals surface area contributed by atoms with Gasteiger partial charge in [-0.1, -0.05) is 133 Å². The molecule has 0 amide bonds. The van der Waals surface area contributed by atoms with Gasteiger partial charge in [-0.05, 0) is 108 Å². The lowest BCUT2D eigenvalue weighted by atomic mass is 9.88. The van der Waals surface area contributed by atoms with E-state index in [1.165, 1.54) is 22.7 Å². The summed E-state index contributed by atoms with van der Waals surface area (Å²) in [6, 6.07) is 77.5. The Kier molecular flexibility index (Phi) is 11.4. The van der Waals surface area contributed by atoms with Gasteiger partial charge in [-0.25, -0.2) is 0 Å². The lowest BCUT2D eigenvalue weighted by Crippen LogP contribution is -2.43. The summed E-state index contributed by atoms with van der Waals surface area (Å²) < 4.78 is 28.9. The Hall–Kier alpha value is -7.45. The zero-order valence-corrected chi connectivity index (χ0v) is 39.8. The molecule has 3 heterocycles. The van der Waals surface area contributed by atoms with Gasteiger partial charge in [0.25, 0.3) is 0 Å². The lowest BCUT2D eigenvalue weighted by molar-refractivity contribution is 0.127. The van der Waals surface area contributed by atoms with Gasteiger partial charge in [-0.15, -0.1) is 22.7 Å². The summed E-state index contributed by atoms with van der Waals surface area (Å²) in [7, 11) is -0.433. The largest absolute Gasteiger partial charge is 0.496 e. The van der Waals surface area contributed by atoms with E-state index in [0.29, 0.717) is 42.7 Å². The van der Waals surface area contributed by atoms with E-state index in [9.17, 15) is 5.11 Å². The molecule has 0 saturated heterocycles. The van der Waals surface area contributed by atoms with Crippen molar-refractivity contribution in [3.05, 3.63) is 246 Å². The van der Waals surface area contributed by atoms with Crippen LogP contribution in [0.5, 0.6) is 11.5 Å². The van der Waals surface area contributed by atoms with Crippen LogP contribution in [-0.2, 0) is 10.2 Å². The number of benzene rings is 8. The van der Waals surface area contributed by atoms with Gasteiger partial charge >= 0.3 is 0 Å². The van der Waals surface area contributed by atoms with Crippen LogP contribution in [0.4, 0.5) is 34.1 Å². The number of hydrogen-bond donors (Lipinski definition) is 1. The molecule has 10 aromatic rings. The van der Waals surface area contributed by atoms with Gasteiger partial charge in [0, 0.05) is 59.8 Å². The molecule has 6 nitrogen and oxygen atoms in total. The highest BCUT2D eigenvalue weighted by Gasteiger charge is 2.55. The Balaban J connectivity index is 1.08. The van der Waals surface area contributed by atoms with Crippen molar-refractivity contribution in [3.8, 4) is 32.4 Å². The van der Waals surface area contributed by atoms with Crippen molar-refractivity contribution in [1.29, 1.82) is 0 Å². The van der Waals surface area contributed by atoms with Crippen LogP contribution in [0.15, 0.2) is 231 Å². The van der Waals surface area contributed by atoms with E-state index in [4.69, 9.17) is 9.47 Å². The first kappa shape index (κ1) is 43.1. The van der Waals surface area contributed by atoms with Crippen molar-refractivity contribution in [2.75, 3.05) is 24.0 Å². The zero-order chi connectivity index (χ0) is 46.2. The third kappa shape index (κ3) is 7.34. The number of aliphatic hydroxyl groups is 1. The third-order valence-electron chi connectivity index (χ3n) is 12.5. The summed E-state index contributed by atoms with van der Waals surface area (Å²) >= 11 is 2.91. The fourth-order valence-electron chi connectivity index (χ4n) is 9.37. The Morgan fingerprint density at radius 1 is 0.426 bits per heavy atom. The van der Waals surface area contributed by atoms with Crippen LogP contribution in [0.2, 0.25) is 0 Å². The van der Waals surface area contributed by atoms with E-state index in [0.717, 1.165) is 55.0 Å². The van der Waals surface area contributed by atoms with Crippen molar-refractivity contribution < 1.29 is 19.1 Å². The van der Waals surface area contributed by atoms with Crippen LogP contribution in [-0.4, -0.2) is 19.3 Å². The van der Waals surface area contributed by atoms with Crippen molar-refractivity contribution in [2.24, 2.45) is 0 Å². The minimum absolute atomic E-state index is 0.460. The van der Waals surface area contributed by atoms with E-state index < -0.39 is 12.7 Å². The van der Waals surface area contributed by atoms with Crippen LogP contribution in [0.1, 0.15) is 15.3 Å². The summed E-state index contributed by atoms with van der Waals surface area (Å²) in [5.74, 6) is 0.922. The molecule has 0 spiro atoms. The van der Waals surface area contributed by atoms with E-state index in [1.54, 1.807) is 14.2 Å². The van der Waals surface area contributed by atoms with Crippen molar-refractivity contribution in [2.45, 2.75) is 5.60 Å². The quantitative estimate of drug-likeness (QED) is 0.123. The molecule has 1 aliphatic rings. The van der Waals surface area contributed by atoms with Crippen LogP contribution in [0.25, 0.3) is 20.9 Å². The first-order valence-corrected chi connectivity index (χ1v) is 25.6. The summed E-state index contributed by atoms with van der Waals surface area (Å²) in [5, 5.41) is 15.9. The van der Waals surface area contributed by atoms with Crippen molar-refractivity contribution >= 4 is 79.9 Å². The molecular formula is C59H45N2O4PS2. The smallest absolute Gasteiger partial charge is 0.173 e. The second-order valence-corrected chi connectivity index (χ2v) is 21.3. The molecule has 0 aliphatic carbocycles. The molecule has 332 valence electrons. The number of thiophene rings is 2. The van der Waals surface area contributed by atoms with Gasteiger partial charge in [-0.2, -0.15) is 0 Å². The average molecular weight is 941 g/mol. The van der Waals surface area contributed by atoms with E-state index >= 15 is 4.57 Å². The summed E-state index contributed by atoms with van der Waals surface area (Å²) in [4.78, 5) is 7.35.